The van der Waals surface area contributed by atoms with Gasteiger partial charge in [-0.1, -0.05) is 57.9 Å². The van der Waals surface area contributed by atoms with Gasteiger partial charge in [-0.3, -0.25) is 0 Å². The molecule has 1 aromatic heterocycles. The number of hydrogen-bond donors (Lipinski definition) is 2. The zero-order valence-corrected chi connectivity index (χ0v) is 20.0. The number of imidazole rings is 1. The van der Waals surface area contributed by atoms with Crippen LogP contribution in [0.3, 0.4) is 0 Å². The Kier molecular flexibility index (Phi) is 7.45. The van der Waals surface area contributed by atoms with Crippen LogP contribution in [0.15, 0.2) is 65.1 Å². The normalized spacial score (nSPS) is 11.1. The van der Waals surface area contributed by atoms with Gasteiger partial charge in [-0.15, -0.1) is 0 Å². The van der Waals surface area contributed by atoms with Crippen molar-refractivity contribution in [3.63, 3.8) is 0 Å². The fourth-order valence-electron chi connectivity index (χ4n) is 3.56. The molecule has 0 bridgehead atoms. The zero-order chi connectivity index (χ0) is 22.3. The molecule has 0 spiro atoms. The summed E-state index contributed by atoms with van der Waals surface area (Å²) in [5.74, 6) is 2.50. The molecule has 0 aliphatic carbocycles. The Bertz CT molecular complexity index is 1140. The molecule has 166 valence electrons. The van der Waals surface area contributed by atoms with Crippen LogP contribution in [0.2, 0.25) is 0 Å². The van der Waals surface area contributed by atoms with Crippen LogP contribution in [0.25, 0.3) is 11.0 Å². The van der Waals surface area contributed by atoms with Crippen molar-refractivity contribution >= 4 is 27.0 Å². The van der Waals surface area contributed by atoms with Crippen molar-refractivity contribution < 1.29 is 9.47 Å². The number of aryl methyl sites for hydroxylation is 2. The lowest BCUT2D eigenvalue weighted by Gasteiger charge is -2.14. The van der Waals surface area contributed by atoms with E-state index in [0.717, 1.165) is 69.9 Å². The first kappa shape index (κ1) is 22.4. The number of nitrogens with one attached hydrogen (secondary N) is 2. The first-order valence-electron chi connectivity index (χ1n) is 10.8. The number of rotatable bonds is 10. The predicted molar refractivity (Wildman–Crippen MR) is 132 cm³/mol. The van der Waals surface area contributed by atoms with Gasteiger partial charge in [-0.05, 0) is 55.3 Å². The number of fused-ring (bicyclic) bond motifs is 1. The van der Waals surface area contributed by atoms with E-state index >= 15 is 0 Å². The fraction of sp³-hybridized carbons (Fsp3) is 0.269. The molecule has 0 saturated heterocycles. The zero-order valence-electron chi connectivity index (χ0n) is 18.5. The van der Waals surface area contributed by atoms with Crippen molar-refractivity contribution in [1.29, 1.82) is 0 Å². The third kappa shape index (κ3) is 5.69. The molecule has 0 unspecified atom stereocenters. The van der Waals surface area contributed by atoms with Gasteiger partial charge < -0.3 is 19.8 Å². The van der Waals surface area contributed by atoms with Crippen molar-refractivity contribution in [2.75, 3.05) is 13.7 Å². The maximum atomic E-state index is 6.02. The van der Waals surface area contributed by atoms with E-state index in [2.05, 4.69) is 68.5 Å². The lowest BCUT2D eigenvalue weighted by molar-refractivity contribution is 0.284. The average Bonchev–Trinajstić information content (AvgIpc) is 3.22. The molecule has 6 heteroatoms. The van der Waals surface area contributed by atoms with E-state index in [1.54, 1.807) is 7.11 Å². The van der Waals surface area contributed by atoms with E-state index in [1.807, 2.05) is 30.3 Å². The summed E-state index contributed by atoms with van der Waals surface area (Å²) in [6.45, 7) is 4.23. The average molecular weight is 494 g/mol. The summed E-state index contributed by atoms with van der Waals surface area (Å²) in [6.07, 6.45) is 1.92. The molecule has 3 aromatic carbocycles. The molecule has 0 radical (unpaired) electrons. The van der Waals surface area contributed by atoms with Gasteiger partial charge in [0.1, 0.15) is 12.4 Å². The molecule has 1 heterocycles. The van der Waals surface area contributed by atoms with Gasteiger partial charge in [0.25, 0.3) is 0 Å². The van der Waals surface area contributed by atoms with Crippen LogP contribution >= 0.6 is 15.9 Å². The van der Waals surface area contributed by atoms with Gasteiger partial charge in [-0.2, -0.15) is 0 Å². The number of nitrogens with zero attached hydrogens (tertiary/aromatic N) is 1. The van der Waals surface area contributed by atoms with Crippen molar-refractivity contribution in [3.05, 3.63) is 87.7 Å². The molecule has 0 atom stereocenters. The maximum absolute atomic E-state index is 6.02. The van der Waals surface area contributed by atoms with Crippen molar-refractivity contribution in [2.24, 2.45) is 0 Å². The Hall–Kier alpha value is -2.83. The minimum Gasteiger partial charge on any atom is -0.493 e. The smallest absolute Gasteiger partial charge is 0.162 e. The van der Waals surface area contributed by atoms with E-state index in [-0.39, 0.29) is 0 Å². The minimum absolute atomic E-state index is 0.502. The van der Waals surface area contributed by atoms with Crippen LogP contribution in [0, 0.1) is 6.92 Å². The van der Waals surface area contributed by atoms with Gasteiger partial charge in [0.2, 0.25) is 0 Å². The summed E-state index contributed by atoms with van der Waals surface area (Å²) in [5.41, 5.74) is 5.62. The third-order valence-corrected chi connectivity index (χ3v) is 6.11. The maximum Gasteiger partial charge on any atom is 0.162 e. The molecule has 5 nitrogen and oxygen atoms in total. The molecule has 0 amide bonds. The first-order valence-corrected chi connectivity index (χ1v) is 11.6. The molecule has 0 fully saturated rings. The van der Waals surface area contributed by atoms with Gasteiger partial charge >= 0.3 is 0 Å². The number of para-hydroxylation sites is 2. The predicted octanol–water partition coefficient (Wildman–Crippen LogP) is 5.94. The molecule has 32 heavy (non-hydrogen) atoms. The first-order chi connectivity index (χ1) is 15.6. The number of aromatic nitrogens is 2. The highest BCUT2D eigenvalue weighted by Gasteiger charge is 2.11. The van der Waals surface area contributed by atoms with E-state index in [1.165, 1.54) is 5.56 Å². The Balaban J connectivity index is 1.28. The third-order valence-electron chi connectivity index (χ3n) is 5.37. The van der Waals surface area contributed by atoms with E-state index in [9.17, 15) is 0 Å². The Labute approximate surface area is 197 Å². The second-order valence-electron chi connectivity index (χ2n) is 7.85. The number of aromatic amines is 1. The number of ether oxygens (including phenoxy) is 2. The van der Waals surface area contributed by atoms with Crippen molar-refractivity contribution in [1.82, 2.24) is 15.3 Å². The van der Waals surface area contributed by atoms with Gasteiger partial charge in [-0.25, -0.2) is 4.98 Å². The van der Waals surface area contributed by atoms with Crippen LogP contribution in [-0.4, -0.2) is 23.6 Å². The van der Waals surface area contributed by atoms with Crippen LogP contribution in [0.1, 0.15) is 28.9 Å². The quantitative estimate of drug-likeness (QED) is 0.268. The number of H-pyrrole nitrogens is 1. The Morgan fingerprint density at radius 3 is 2.62 bits per heavy atom. The standard InChI is InChI=1S/C26H28BrN3O2/c1-18-9-11-19(12-10-18)17-32-25-15-21(27)20(14-24(25)31-2)16-28-13-5-8-26-29-22-6-3-4-7-23(22)30-26/h3-4,6-7,9-12,14-15,28H,5,8,13,16-17H2,1-2H3,(H,29,30). The highest BCUT2D eigenvalue weighted by molar-refractivity contribution is 9.10. The van der Waals surface area contributed by atoms with Gasteiger partial charge in [0.15, 0.2) is 11.5 Å². The molecule has 0 aliphatic heterocycles. The monoisotopic (exact) mass is 493 g/mol. The van der Waals surface area contributed by atoms with Crippen molar-refractivity contribution in [2.45, 2.75) is 32.9 Å². The molecule has 4 rings (SSSR count). The summed E-state index contributed by atoms with van der Waals surface area (Å²) in [7, 11) is 1.67. The number of methoxy groups -OCH3 is 1. The topological polar surface area (TPSA) is 59.2 Å². The van der Waals surface area contributed by atoms with Crippen LogP contribution < -0.4 is 14.8 Å². The second kappa shape index (κ2) is 10.7. The summed E-state index contributed by atoms with van der Waals surface area (Å²) in [5, 5.41) is 3.51. The minimum atomic E-state index is 0.502. The van der Waals surface area contributed by atoms with Crippen LogP contribution in [0.5, 0.6) is 11.5 Å². The van der Waals surface area contributed by atoms with Crippen LogP contribution in [-0.2, 0) is 19.6 Å². The largest absolute Gasteiger partial charge is 0.493 e. The Morgan fingerprint density at radius 2 is 1.84 bits per heavy atom. The van der Waals surface area contributed by atoms with Gasteiger partial charge in [0, 0.05) is 17.4 Å². The molecule has 0 aliphatic rings. The molecular formula is C26H28BrN3O2. The second-order valence-corrected chi connectivity index (χ2v) is 8.70. The Morgan fingerprint density at radius 1 is 1.03 bits per heavy atom. The number of benzene rings is 3. The van der Waals surface area contributed by atoms with Crippen LogP contribution in [0.4, 0.5) is 0 Å². The summed E-state index contributed by atoms with van der Waals surface area (Å²) in [4.78, 5) is 8.02. The molecular weight excluding hydrogens is 466 g/mol. The van der Waals surface area contributed by atoms with E-state index in [4.69, 9.17) is 9.47 Å². The van der Waals surface area contributed by atoms with Gasteiger partial charge in [0.05, 0.1) is 18.1 Å². The fourth-order valence-corrected chi connectivity index (χ4v) is 4.02. The highest BCUT2D eigenvalue weighted by atomic mass is 79.9. The lowest BCUT2D eigenvalue weighted by Crippen LogP contribution is -2.16. The van der Waals surface area contributed by atoms with E-state index < -0.39 is 0 Å². The molecule has 4 aromatic rings. The number of halogens is 1. The van der Waals surface area contributed by atoms with Crippen molar-refractivity contribution in [3.8, 4) is 11.5 Å². The summed E-state index contributed by atoms with van der Waals surface area (Å²) < 4.78 is 12.6. The SMILES string of the molecule is COc1cc(CNCCCc2nc3ccccc3[nH]2)c(Br)cc1OCc1ccc(C)cc1. The molecule has 2 N–H and O–H groups in total. The molecule has 0 saturated carbocycles. The highest BCUT2D eigenvalue weighted by Crippen LogP contribution is 2.34. The summed E-state index contributed by atoms with van der Waals surface area (Å²) >= 11 is 3.68. The lowest BCUT2D eigenvalue weighted by atomic mass is 10.1. The summed E-state index contributed by atoms with van der Waals surface area (Å²) in [6, 6.07) is 20.5. The number of hydrogen-bond acceptors (Lipinski definition) is 4. The van der Waals surface area contributed by atoms with E-state index in [0.29, 0.717) is 6.61 Å².